The highest BCUT2D eigenvalue weighted by Crippen LogP contribution is 2.37. The van der Waals surface area contributed by atoms with Crippen LogP contribution in [0.5, 0.6) is 11.5 Å². The number of hydrogen-bond donors (Lipinski definition) is 1. The molecule has 1 fully saturated rings. The van der Waals surface area contributed by atoms with Gasteiger partial charge >= 0.3 is 0 Å². The molecule has 2 aliphatic rings. The summed E-state index contributed by atoms with van der Waals surface area (Å²) in [4.78, 5) is 28.6. The highest BCUT2D eigenvalue weighted by atomic mass is 16.5. The first kappa shape index (κ1) is 18.3. The van der Waals surface area contributed by atoms with Crippen LogP contribution in [0.4, 0.5) is 0 Å². The fourth-order valence-electron chi connectivity index (χ4n) is 3.59. The van der Waals surface area contributed by atoms with Gasteiger partial charge in [-0.25, -0.2) is 0 Å². The highest BCUT2D eigenvalue weighted by molar-refractivity contribution is 6.35. The Balaban J connectivity index is 2.09. The number of likely N-dealkylation sites (N-methyl/N-ethyl adjacent to an activating group) is 1. The Labute approximate surface area is 152 Å². The standard InChI is InChI=1S/C19H24N2O5/c1-20-18(23)16(13-6-7-14(25-2)15(9-13)26-3)17(19(20)24)21-8-4-5-12(10-21)11-22/h6-7,9,12,22H,4-5,8,10-11H2,1-3H3. The second-order valence-electron chi connectivity index (χ2n) is 6.60. The average Bonchev–Trinajstić information content (AvgIpc) is 2.91. The van der Waals surface area contributed by atoms with Gasteiger partial charge in [-0.15, -0.1) is 0 Å². The number of amides is 2. The van der Waals surface area contributed by atoms with E-state index in [9.17, 15) is 14.7 Å². The van der Waals surface area contributed by atoms with E-state index in [1.165, 1.54) is 14.2 Å². The molecule has 1 aromatic carbocycles. The molecular weight excluding hydrogens is 336 g/mol. The molecule has 140 valence electrons. The number of carbonyl (C=O) groups excluding carboxylic acids is 2. The van der Waals surface area contributed by atoms with Crippen LogP contribution in [-0.4, -0.2) is 67.7 Å². The third-order valence-corrected chi connectivity index (χ3v) is 5.03. The summed E-state index contributed by atoms with van der Waals surface area (Å²) < 4.78 is 10.6. The van der Waals surface area contributed by atoms with Crippen molar-refractivity contribution in [2.45, 2.75) is 12.8 Å². The van der Waals surface area contributed by atoms with Crippen molar-refractivity contribution in [2.24, 2.45) is 5.92 Å². The predicted molar refractivity (Wildman–Crippen MR) is 95.6 cm³/mol. The zero-order chi connectivity index (χ0) is 18.8. The molecule has 1 aromatic rings. The number of piperidine rings is 1. The van der Waals surface area contributed by atoms with E-state index in [1.54, 1.807) is 25.3 Å². The smallest absolute Gasteiger partial charge is 0.277 e. The van der Waals surface area contributed by atoms with Gasteiger partial charge < -0.3 is 19.5 Å². The summed E-state index contributed by atoms with van der Waals surface area (Å²) in [5.74, 6) is 0.527. The molecule has 7 nitrogen and oxygen atoms in total. The summed E-state index contributed by atoms with van der Waals surface area (Å²) >= 11 is 0. The zero-order valence-corrected chi connectivity index (χ0v) is 15.3. The molecule has 0 radical (unpaired) electrons. The molecule has 0 aromatic heterocycles. The molecule has 0 aliphatic carbocycles. The van der Waals surface area contributed by atoms with Crippen molar-refractivity contribution in [1.82, 2.24) is 9.80 Å². The van der Waals surface area contributed by atoms with Crippen molar-refractivity contribution in [3.8, 4) is 11.5 Å². The molecule has 1 unspecified atom stereocenters. The van der Waals surface area contributed by atoms with Crippen LogP contribution in [0.1, 0.15) is 18.4 Å². The minimum absolute atomic E-state index is 0.0768. The Morgan fingerprint density at radius 3 is 2.54 bits per heavy atom. The van der Waals surface area contributed by atoms with Crippen LogP contribution in [0.15, 0.2) is 23.9 Å². The summed E-state index contributed by atoms with van der Waals surface area (Å²) in [6.07, 6.45) is 1.79. The van der Waals surface area contributed by atoms with Crippen LogP contribution in [0.3, 0.4) is 0 Å². The van der Waals surface area contributed by atoms with E-state index in [0.717, 1.165) is 17.7 Å². The van der Waals surface area contributed by atoms with Gasteiger partial charge in [-0.2, -0.15) is 0 Å². The molecule has 3 rings (SSSR count). The second-order valence-corrected chi connectivity index (χ2v) is 6.60. The molecule has 1 saturated heterocycles. The van der Waals surface area contributed by atoms with Gasteiger partial charge in [0.1, 0.15) is 5.70 Å². The van der Waals surface area contributed by atoms with Crippen molar-refractivity contribution in [2.75, 3.05) is 41.0 Å². The maximum Gasteiger partial charge on any atom is 0.277 e. The van der Waals surface area contributed by atoms with Crippen LogP contribution < -0.4 is 9.47 Å². The van der Waals surface area contributed by atoms with Gasteiger partial charge in [-0.05, 0) is 36.5 Å². The molecule has 26 heavy (non-hydrogen) atoms. The van der Waals surface area contributed by atoms with Crippen LogP contribution in [-0.2, 0) is 9.59 Å². The minimum Gasteiger partial charge on any atom is -0.493 e. The van der Waals surface area contributed by atoms with E-state index in [2.05, 4.69) is 0 Å². The van der Waals surface area contributed by atoms with Gasteiger partial charge in [0.2, 0.25) is 0 Å². The van der Waals surface area contributed by atoms with Gasteiger partial charge in [0, 0.05) is 26.7 Å². The van der Waals surface area contributed by atoms with E-state index >= 15 is 0 Å². The molecule has 0 bridgehead atoms. The maximum absolute atomic E-state index is 12.8. The molecule has 2 aliphatic heterocycles. The summed E-state index contributed by atoms with van der Waals surface area (Å²) in [5, 5.41) is 9.49. The minimum atomic E-state index is -0.330. The Bertz CT molecular complexity index is 758. The number of methoxy groups -OCH3 is 2. The normalized spacial score (nSPS) is 20.8. The number of carbonyl (C=O) groups is 2. The fourth-order valence-corrected chi connectivity index (χ4v) is 3.59. The SMILES string of the molecule is COc1ccc(C2=C(N3CCCC(CO)C3)C(=O)N(C)C2=O)cc1OC. The lowest BCUT2D eigenvalue weighted by molar-refractivity contribution is -0.136. The van der Waals surface area contributed by atoms with Gasteiger partial charge in [0.25, 0.3) is 11.8 Å². The molecule has 0 saturated carbocycles. The number of aliphatic hydroxyl groups is 1. The first-order valence-electron chi connectivity index (χ1n) is 8.66. The number of nitrogens with zero attached hydrogens (tertiary/aromatic N) is 2. The Morgan fingerprint density at radius 2 is 1.88 bits per heavy atom. The molecular formula is C19H24N2O5. The van der Waals surface area contributed by atoms with Gasteiger partial charge in [0.05, 0.1) is 19.8 Å². The number of likely N-dealkylation sites (tertiary alicyclic amines) is 1. The van der Waals surface area contributed by atoms with Crippen LogP contribution >= 0.6 is 0 Å². The van der Waals surface area contributed by atoms with Crippen molar-refractivity contribution >= 4 is 17.4 Å². The molecule has 7 heteroatoms. The molecule has 0 spiro atoms. The van der Waals surface area contributed by atoms with E-state index < -0.39 is 0 Å². The quantitative estimate of drug-likeness (QED) is 0.793. The maximum atomic E-state index is 12.8. The Morgan fingerprint density at radius 1 is 1.15 bits per heavy atom. The topological polar surface area (TPSA) is 79.3 Å². The molecule has 1 N–H and O–H groups in total. The van der Waals surface area contributed by atoms with E-state index in [-0.39, 0.29) is 24.3 Å². The third kappa shape index (κ3) is 3.03. The van der Waals surface area contributed by atoms with Gasteiger partial charge in [-0.3, -0.25) is 14.5 Å². The van der Waals surface area contributed by atoms with Gasteiger partial charge in [0.15, 0.2) is 11.5 Å². The number of rotatable bonds is 5. The van der Waals surface area contributed by atoms with Crippen LogP contribution in [0, 0.1) is 5.92 Å². The van der Waals surface area contributed by atoms with Crippen molar-refractivity contribution < 1.29 is 24.2 Å². The first-order valence-corrected chi connectivity index (χ1v) is 8.66. The molecule has 1 atom stereocenters. The zero-order valence-electron chi connectivity index (χ0n) is 15.3. The largest absolute Gasteiger partial charge is 0.493 e. The second kappa shape index (κ2) is 7.37. The first-order chi connectivity index (χ1) is 12.5. The number of imide groups is 1. The fraction of sp³-hybridized carbons (Fsp3) is 0.474. The van der Waals surface area contributed by atoms with Crippen LogP contribution in [0.25, 0.3) is 5.57 Å². The summed E-state index contributed by atoms with van der Waals surface area (Å²) in [6.45, 7) is 1.33. The summed E-state index contributed by atoms with van der Waals surface area (Å²) in [7, 11) is 4.57. The summed E-state index contributed by atoms with van der Waals surface area (Å²) in [6, 6.07) is 5.20. The number of ether oxygens (including phenoxy) is 2. The number of hydrogen-bond acceptors (Lipinski definition) is 6. The lowest BCUT2D eigenvalue weighted by Crippen LogP contribution is -2.39. The monoisotopic (exact) mass is 360 g/mol. The number of aliphatic hydroxyl groups excluding tert-OH is 1. The van der Waals surface area contributed by atoms with Crippen molar-refractivity contribution in [3.63, 3.8) is 0 Å². The van der Waals surface area contributed by atoms with Crippen LogP contribution in [0.2, 0.25) is 0 Å². The van der Waals surface area contributed by atoms with E-state index in [1.807, 2.05) is 4.90 Å². The number of benzene rings is 1. The Kier molecular flexibility index (Phi) is 5.18. The average molecular weight is 360 g/mol. The van der Waals surface area contributed by atoms with Gasteiger partial charge in [-0.1, -0.05) is 6.07 Å². The lowest BCUT2D eigenvalue weighted by atomic mass is 9.96. The Hall–Kier alpha value is -2.54. The molecule has 2 amide bonds. The van der Waals surface area contributed by atoms with Crippen molar-refractivity contribution in [3.05, 3.63) is 29.5 Å². The lowest BCUT2D eigenvalue weighted by Gasteiger charge is -2.34. The van der Waals surface area contributed by atoms with Crippen molar-refractivity contribution in [1.29, 1.82) is 0 Å². The third-order valence-electron chi connectivity index (χ3n) is 5.03. The van der Waals surface area contributed by atoms with E-state index in [0.29, 0.717) is 41.4 Å². The molecule has 2 heterocycles. The predicted octanol–water partition coefficient (Wildman–Crippen LogP) is 1.12. The highest BCUT2D eigenvalue weighted by Gasteiger charge is 2.40. The van der Waals surface area contributed by atoms with E-state index in [4.69, 9.17) is 9.47 Å². The summed E-state index contributed by atoms with van der Waals surface area (Å²) in [5.41, 5.74) is 1.39.